The zero-order chi connectivity index (χ0) is 58.2. The summed E-state index contributed by atoms with van der Waals surface area (Å²) in [6, 6.07) is 3.74. The van der Waals surface area contributed by atoms with Crippen molar-refractivity contribution in [2.75, 3.05) is 19.8 Å². The molecule has 1 aliphatic rings. The lowest BCUT2D eigenvalue weighted by Gasteiger charge is -2.32. The largest absolute Gasteiger partial charge is 0.480 e. The Morgan fingerprint density at radius 2 is 1.05 bits per heavy atom. The lowest BCUT2D eigenvalue weighted by molar-refractivity contribution is -0.147. The Labute approximate surface area is 454 Å². The van der Waals surface area contributed by atoms with Gasteiger partial charge in [-0.1, -0.05) is 128 Å². The minimum Gasteiger partial charge on any atom is -0.480 e. The molecule has 3 rings (SSSR count). The van der Waals surface area contributed by atoms with Crippen LogP contribution in [0, 0.1) is 17.8 Å². The maximum atomic E-state index is 14.3. The van der Waals surface area contributed by atoms with Crippen molar-refractivity contribution in [1.29, 1.82) is 0 Å². The van der Waals surface area contributed by atoms with Crippen LogP contribution in [0.5, 0.6) is 0 Å². The van der Waals surface area contributed by atoms with Crippen molar-refractivity contribution in [2.24, 2.45) is 17.8 Å². The number of aliphatic hydroxyl groups is 4. The molecule has 1 saturated heterocycles. The molecule has 0 aromatic heterocycles. The molecule has 2 aromatic carbocycles. The second kappa shape index (κ2) is 32.7. The number of nitrogens with zero attached hydrogens (tertiary/aromatic N) is 1. The molecule has 0 bridgehead atoms. The van der Waals surface area contributed by atoms with Crippen LogP contribution in [0.4, 0.5) is 0 Å². The van der Waals surface area contributed by atoms with E-state index in [1.54, 1.807) is 74.5 Å². The number of benzene rings is 2. The standard InChI is InChI=1S/C54H80N8O16/c1-30(2)16-10-7-15-21-35(65)26-43(67)60-45(54(77)78)51(73)56-38(23-33-17-11-8-12-18-33)47(69)58-41(29-64)49(71)61-44(32(5)6)52(74)62-27-36(66)25-42(62)50(72)59-40(28-63)48(70)55-37(22-31(3)4)46(68)57-39(53(75)76)24-34-19-13-9-14-20-34/h8-9,11-14,17-20,30-32,35-42,44-45,63-66H,7,10,15-16,21-29H2,1-6H3,(H,55,70)(H,56,73)(H,57,68)(H,58,69)(H,59,72)(H,60,67)(H,61,71)(H,75,76)(H,77,78)/t35?,36-,37-,38-,39+,40+,41+,42+,44-,45+/m1/s1. The lowest BCUT2D eigenvalue weighted by atomic mass is 10.0. The second-order valence-corrected chi connectivity index (χ2v) is 20.9. The highest BCUT2D eigenvalue weighted by molar-refractivity contribution is 6.05. The Hall–Kier alpha value is -7.02. The number of rotatable bonds is 33. The fraction of sp³-hybridized carbons (Fsp3) is 0.593. The van der Waals surface area contributed by atoms with Crippen molar-refractivity contribution >= 4 is 59.2 Å². The fourth-order valence-corrected chi connectivity index (χ4v) is 8.68. The van der Waals surface area contributed by atoms with E-state index in [0.29, 0.717) is 23.5 Å². The van der Waals surface area contributed by atoms with E-state index in [2.05, 4.69) is 51.1 Å². The van der Waals surface area contributed by atoms with E-state index in [1.807, 2.05) is 0 Å². The van der Waals surface area contributed by atoms with Gasteiger partial charge in [-0.15, -0.1) is 0 Å². The Morgan fingerprint density at radius 1 is 0.564 bits per heavy atom. The van der Waals surface area contributed by atoms with Crippen molar-refractivity contribution in [2.45, 2.75) is 166 Å². The van der Waals surface area contributed by atoms with Gasteiger partial charge in [0.1, 0.15) is 42.3 Å². The van der Waals surface area contributed by atoms with Crippen LogP contribution in [-0.4, -0.2) is 175 Å². The number of hydrogen-bond acceptors (Lipinski definition) is 14. The van der Waals surface area contributed by atoms with Gasteiger partial charge in [-0.25, -0.2) is 9.59 Å². The molecular weight excluding hydrogens is 1020 g/mol. The van der Waals surface area contributed by atoms with Crippen LogP contribution < -0.4 is 37.2 Å². The first-order valence-electron chi connectivity index (χ1n) is 26.4. The molecule has 1 fully saturated rings. The first-order chi connectivity index (χ1) is 36.8. The van der Waals surface area contributed by atoms with E-state index in [9.17, 15) is 78.6 Å². The van der Waals surface area contributed by atoms with Gasteiger partial charge in [0.15, 0.2) is 0 Å². The number of nitrogens with one attached hydrogen (secondary N) is 7. The van der Waals surface area contributed by atoms with Crippen LogP contribution in [0.15, 0.2) is 60.7 Å². The Morgan fingerprint density at radius 3 is 1.58 bits per heavy atom. The smallest absolute Gasteiger partial charge is 0.336 e. The highest BCUT2D eigenvalue weighted by atomic mass is 16.4. The van der Waals surface area contributed by atoms with Gasteiger partial charge < -0.3 is 72.8 Å². The highest BCUT2D eigenvalue weighted by Crippen LogP contribution is 2.22. The maximum absolute atomic E-state index is 14.3. The Kier molecular flexibility index (Phi) is 27.3. The summed E-state index contributed by atoms with van der Waals surface area (Å²) in [6.45, 7) is 8.29. The third-order valence-corrected chi connectivity index (χ3v) is 12.9. The summed E-state index contributed by atoms with van der Waals surface area (Å²) >= 11 is 0. The average Bonchev–Trinajstić information content (AvgIpc) is 3.81. The molecule has 2 aromatic rings. The summed E-state index contributed by atoms with van der Waals surface area (Å²) in [4.78, 5) is 135. The van der Waals surface area contributed by atoms with E-state index in [0.717, 1.165) is 24.2 Å². The van der Waals surface area contributed by atoms with E-state index in [1.165, 1.54) is 13.8 Å². The summed E-state index contributed by atoms with van der Waals surface area (Å²) in [7, 11) is 0. The Bertz CT molecular complexity index is 2320. The molecule has 432 valence electrons. The van der Waals surface area contributed by atoms with Crippen LogP contribution in [0.3, 0.4) is 0 Å². The van der Waals surface area contributed by atoms with Gasteiger partial charge in [-0.3, -0.25) is 38.4 Å². The van der Waals surface area contributed by atoms with Crippen molar-refractivity contribution < 1.29 is 78.6 Å². The van der Waals surface area contributed by atoms with Gasteiger partial charge in [-0.2, -0.15) is 0 Å². The fourth-order valence-electron chi connectivity index (χ4n) is 8.68. The Balaban J connectivity index is 1.74. The summed E-state index contributed by atoms with van der Waals surface area (Å²) in [6.07, 6.45) is 0.155. The molecule has 1 unspecified atom stereocenters. The summed E-state index contributed by atoms with van der Waals surface area (Å²) in [5.74, 6) is -11.7. The van der Waals surface area contributed by atoms with Crippen molar-refractivity contribution in [1.82, 2.24) is 42.1 Å². The van der Waals surface area contributed by atoms with Crippen LogP contribution in [-0.2, 0) is 60.8 Å². The normalized spacial score (nSPS) is 17.3. The van der Waals surface area contributed by atoms with Crippen LogP contribution >= 0.6 is 0 Å². The van der Waals surface area contributed by atoms with Gasteiger partial charge in [0.25, 0.3) is 5.91 Å². The minimum atomic E-state index is -2.20. The van der Waals surface area contributed by atoms with Crippen LogP contribution in [0.2, 0.25) is 0 Å². The molecule has 0 aliphatic carbocycles. The van der Waals surface area contributed by atoms with E-state index < -0.39 is 152 Å². The van der Waals surface area contributed by atoms with Gasteiger partial charge >= 0.3 is 11.9 Å². The van der Waals surface area contributed by atoms with Gasteiger partial charge in [-0.05, 0) is 41.7 Å². The SMILES string of the molecule is CC(C)CCCCCC(O)CC(=O)N[C@H](C(=O)O)C(=O)N[C@H](Cc1ccccc1)C(=O)N[C@@H](CO)C(=O)N[C@@H](C(=O)N1C[C@H](O)C[C@H]1C(=O)N[C@@H](CO)C(=O)N[C@H](CC(C)C)C(=O)N[C@@H](Cc1ccccc1)C(=O)O)C(C)C. The monoisotopic (exact) mass is 1100 g/mol. The summed E-state index contributed by atoms with van der Waals surface area (Å²) < 4.78 is 0. The molecule has 0 radical (unpaired) electrons. The average molecular weight is 1100 g/mol. The number of hydrogen-bond donors (Lipinski definition) is 13. The number of amides is 8. The van der Waals surface area contributed by atoms with E-state index in [-0.39, 0.29) is 38.0 Å². The van der Waals surface area contributed by atoms with Crippen LogP contribution in [0.25, 0.3) is 0 Å². The second-order valence-electron chi connectivity index (χ2n) is 20.9. The topological polar surface area (TPSA) is 380 Å². The molecule has 13 N–H and O–H groups in total. The van der Waals surface area contributed by atoms with Crippen molar-refractivity contribution in [3.63, 3.8) is 0 Å². The van der Waals surface area contributed by atoms with E-state index >= 15 is 0 Å². The zero-order valence-corrected chi connectivity index (χ0v) is 45.2. The number of aliphatic hydroxyl groups excluding tert-OH is 4. The van der Waals surface area contributed by atoms with Gasteiger partial charge in [0.05, 0.1) is 31.8 Å². The zero-order valence-electron chi connectivity index (χ0n) is 45.2. The number of carboxylic acid groups (broad SMARTS) is 2. The number of likely N-dealkylation sites (tertiary alicyclic amines) is 1. The molecule has 8 amide bonds. The minimum absolute atomic E-state index is 0.0344. The number of β-amino-alcohol motifs (C(OH)–C–C–N with tert-alkyl or cyclic N) is 1. The molecule has 10 atom stereocenters. The van der Waals surface area contributed by atoms with Crippen LogP contribution in [0.1, 0.15) is 104 Å². The predicted molar refractivity (Wildman–Crippen MR) is 282 cm³/mol. The summed E-state index contributed by atoms with van der Waals surface area (Å²) in [5, 5.41) is 78.1. The van der Waals surface area contributed by atoms with Crippen molar-refractivity contribution in [3.8, 4) is 0 Å². The number of unbranched alkanes of at least 4 members (excludes halogenated alkanes) is 2. The molecule has 1 heterocycles. The number of carboxylic acids is 2. The molecular formula is C54H80N8O16. The maximum Gasteiger partial charge on any atom is 0.336 e. The first kappa shape index (κ1) is 65.3. The molecule has 0 spiro atoms. The third kappa shape index (κ3) is 21.8. The van der Waals surface area contributed by atoms with Gasteiger partial charge in [0, 0.05) is 25.8 Å². The molecule has 1 aliphatic heterocycles. The molecule has 24 heteroatoms. The number of carbonyl (C=O) groups is 10. The lowest BCUT2D eigenvalue weighted by Crippen LogP contribution is -2.62. The van der Waals surface area contributed by atoms with Gasteiger partial charge in [0.2, 0.25) is 47.4 Å². The number of aliphatic carboxylic acids is 2. The highest BCUT2D eigenvalue weighted by Gasteiger charge is 2.44. The molecule has 0 saturated carbocycles. The van der Waals surface area contributed by atoms with Crippen molar-refractivity contribution in [3.05, 3.63) is 71.8 Å². The quantitative estimate of drug-likeness (QED) is 0.0302. The molecule has 24 nitrogen and oxygen atoms in total. The third-order valence-electron chi connectivity index (χ3n) is 12.9. The summed E-state index contributed by atoms with van der Waals surface area (Å²) in [5.41, 5.74) is 1.10. The number of carbonyl (C=O) groups excluding carboxylic acids is 8. The predicted octanol–water partition coefficient (Wildman–Crippen LogP) is -0.959. The first-order valence-corrected chi connectivity index (χ1v) is 26.4. The van der Waals surface area contributed by atoms with E-state index in [4.69, 9.17) is 0 Å². The molecule has 78 heavy (non-hydrogen) atoms.